The molecule has 4 heteroatoms. The SMILES string of the molecule is c1ccc(CN2CCOC3CCC2C3OCc2ccncc2)cc1. The summed E-state index contributed by atoms with van der Waals surface area (Å²) in [7, 11) is 0. The molecule has 2 bridgehead atoms. The summed E-state index contributed by atoms with van der Waals surface area (Å²) in [5, 5.41) is 0. The molecule has 1 aliphatic carbocycles. The van der Waals surface area contributed by atoms with Gasteiger partial charge in [0.1, 0.15) is 0 Å². The van der Waals surface area contributed by atoms with Crippen molar-refractivity contribution in [2.45, 2.75) is 44.2 Å². The molecular weight excluding hydrogens is 300 g/mol. The maximum Gasteiger partial charge on any atom is 0.0995 e. The van der Waals surface area contributed by atoms with Crippen molar-refractivity contribution < 1.29 is 9.47 Å². The van der Waals surface area contributed by atoms with Crippen molar-refractivity contribution in [3.05, 3.63) is 66.0 Å². The van der Waals surface area contributed by atoms with Gasteiger partial charge in [-0.25, -0.2) is 0 Å². The third-order valence-electron chi connectivity index (χ3n) is 5.09. The molecule has 1 saturated heterocycles. The number of ether oxygens (including phenoxy) is 2. The first-order chi connectivity index (χ1) is 11.9. The number of nitrogens with zero attached hydrogens (tertiary/aromatic N) is 2. The van der Waals surface area contributed by atoms with Crippen LogP contribution in [0.25, 0.3) is 0 Å². The Kier molecular flexibility index (Phi) is 4.88. The van der Waals surface area contributed by atoms with Crippen molar-refractivity contribution in [2.24, 2.45) is 0 Å². The summed E-state index contributed by atoms with van der Waals surface area (Å²) in [4.78, 5) is 6.61. The highest BCUT2D eigenvalue weighted by Crippen LogP contribution is 2.33. The quantitative estimate of drug-likeness (QED) is 0.847. The lowest BCUT2D eigenvalue weighted by atomic mass is 10.1. The summed E-state index contributed by atoms with van der Waals surface area (Å²) in [5.74, 6) is 0. The van der Waals surface area contributed by atoms with E-state index in [1.54, 1.807) is 0 Å². The molecule has 3 atom stereocenters. The Morgan fingerprint density at radius 1 is 1.04 bits per heavy atom. The largest absolute Gasteiger partial charge is 0.374 e. The Balaban J connectivity index is 1.45. The summed E-state index contributed by atoms with van der Waals surface area (Å²) in [5.41, 5.74) is 2.53. The van der Waals surface area contributed by atoms with Gasteiger partial charge in [-0.15, -0.1) is 0 Å². The number of hydrogen-bond donors (Lipinski definition) is 0. The van der Waals surface area contributed by atoms with E-state index in [9.17, 15) is 0 Å². The Morgan fingerprint density at radius 2 is 1.88 bits per heavy atom. The smallest absolute Gasteiger partial charge is 0.0995 e. The lowest BCUT2D eigenvalue weighted by Crippen LogP contribution is -2.42. The fraction of sp³-hybridized carbons (Fsp3) is 0.450. The number of pyridine rings is 1. The number of benzene rings is 1. The van der Waals surface area contributed by atoms with Crippen molar-refractivity contribution in [2.75, 3.05) is 13.2 Å². The van der Waals surface area contributed by atoms with E-state index in [0.29, 0.717) is 12.6 Å². The van der Waals surface area contributed by atoms with Crippen LogP contribution in [0.3, 0.4) is 0 Å². The Hall–Kier alpha value is -1.75. The van der Waals surface area contributed by atoms with E-state index in [0.717, 1.165) is 32.5 Å². The molecule has 2 aliphatic rings. The molecule has 2 aromatic rings. The minimum atomic E-state index is 0.157. The summed E-state index contributed by atoms with van der Waals surface area (Å²) in [6.07, 6.45) is 6.27. The van der Waals surface area contributed by atoms with Crippen molar-refractivity contribution in [1.29, 1.82) is 0 Å². The molecule has 4 rings (SSSR count). The highest BCUT2D eigenvalue weighted by molar-refractivity contribution is 5.15. The van der Waals surface area contributed by atoms with E-state index >= 15 is 0 Å². The molecule has 0 amide bonds. The van der Waals surface area contributed by atoms with Crippen LogP contribution in [0.5, 0.6) is 0 Å². The molecule has 0 N–H and O–H groups in total. The highest BCUT2D eigenvalue weighted by atomic mass is 16.5. The van der Waals surface area contributed by atoms with Crippen LogP contribution < -0.4 is 0 Å². The van der Waals surface area contributed by atoms with Gasteiger partial charge in [0.05, 0.1) is 25.4 Å². The predicted molar refractivity (Wildman–Crippen MR) is 92.4 cm³/mol. The number of aromatic nitrogens is 1. The van der Waals surface area contributed by atoms with Crippen LogP contribution in [0.15, 0.2) is 54.9 Å². The van der Waals surface area contributed by atoms with E-state index in [4.69, 9.17) is 9.47 Å². The van der Waals surface area contributed by atoms with Crippen LogP contribution >= 0.6 is 0 Å². The van der Waals surface area contributed by atoms with Gasteiger partial charge in [0, 0.05) is 31.5 Å². The van der Waals surface area contributed by atoms with E-state index in [2.05, 4.69) is 40.2 Å². The monoisotopic (exact) mass is 324 g/mol. The summed E-state index contributed by atoms with van der Waals surface area (Å²) in [6.45, 7) is 3.37. The predicted octanol–water partition coefficient (Wildman–Crippen LogP) is 3.03. The Labute approximate surface area is 143 Å². The van der Waals surface area contributed by atoms with Crippen molar-refractivity contribution in [1.82, 2.24) is 9.88 Å². The van der Waals surface area contributed by atoms with Gasteiger partial charge in [-0.1, -0.05) is 30.3 Å². The second kappa shape index (κ2) is 7.43. The third-order valence-corrected chi connectivity index (χ3v) is 5.09. The zero-order valence-electron chi connectivity index (χ0n) is 13.9. The molecular formula is C20H24N2O2. The molecule has 4 nitrogen and oxygen atoms in total. The van der Waals surface area contributed by atoms with Crippen molar-refractivity contribution in [3.63, 3.8) is 0 Å². The summed E-state index contributed by atoms with van der Waals surface area (Å²) in [6, 6.07) is 15.2. The normalized spacial score (nSPS) is 27.1. The standard InChI is InChI=1S/C20H24N2O2/c1-2-4-16(5-3-1)14-22-12-13-23-19-7-6-18(22)20(19)24-15-17-8-10-21-11-9-17/h1-5,8-11,18-20H,6-7,12-15H2. The molecule has 1 aromatic heterocycles. The van der Waals surface area contributed by atoms with Gasteiger partial charge in [0.2, 0.25) is 0 Å². The Bertz CT molecular complexity index is 635. The molecule has 0 spiro atoms. The number of hydrogen-bond acceptors (Lipinski definition) is 4. The van der Waals surface area contributed by atoms with Crippen LogP contribution in [-0.2, 0) is 22.6 Å². The van der Waals surface area contributed by atoms with Crippen LogP contribution in [0, 0.1) is 0 Å². The number of rotatable bonds is 5. The molecule has 0 radical (unpaired) electrons. The van der Waals surface area contributed by atoms with Crippen LogP contribution in [0.4, 0.5) is 0 Å². The summed E-state index contributed by atoms with van der Waals surface area (Å²) >= 11 is 0. The van der Waals surface area contributed by atoms with E-state index in [-0.39, 0.29) is 12.2 Å². The zero-order valence-corrected chi connectivity index (χ0v) is 13.9. The molecule has 2 fully saturated rings. The lowest BCUT2D eigenvalue weighted by Gasteiger charge is -2.31. The van der Waals surface area contributed by atoms with Crippen LogP contribution in [0.2, 0.25) is 0 Å². The average molecular weight is 324 g/mol. The maximum atomic E-state index is 6.31. The number of fused-ring (bicyclic) bond motifs is 2. The van der Waals surface area contributed by atoms with Gasteiger partial charge in [-0.05, 0) is 36.1 Å². The zero-order chi connectivity index (χ0) is 16.2. The van der Waals surface area contributed by atoms with Gasteiger partial charge >= 0.3 is 0 Å². The molecule has 24 heavy (non-hydrogen) atoms. The van der Waals surface area contributed by atoms with Crippen molar-refractivity contribution >= 4 is 0 Å². The molecule has 1 saturated carbocycles. The summed E-state index contributed by atoms with van der Waals surface area (Å²) < 4.78 is 12.4. The first kappa shape index (κ1) is 15.8. The van der Waals surface area contributed by atoms with Crippen molar-refractivity contribution in [3.8, 4) is 0 Å². The Morgan fingerprint density at radius 3 is 2.71 bits per heavy atom. The molecule has 2 heterocycles. The van der Waals surface area contributed by atoms with Gasteiger partial charge in [-0.3, -0.25) is 9.88 Å². The minimum absolute atomic E-state index is 0.157. The fourth-order valence-electron chi connectivity index (χ4n) is 3.87. The van der Waals surface area contributed by atoms with Gasteiger partial charge < -0.3 is 9.47 Å². The highest BCUT2D eigenvalue weighted by Gasteiger charge is 2.42. The first-order valence-corrected chi connectivity index (χ1v) is 8.80. The van der Waals surface area contributed by atoms with Gasteiger partial charge in [0.15, 0.2) is 0 Å². The lowest BCUT2D eigenvalue weighted by molar-refractivity contribution is -0.0614. The second-order valence-corrected chi connectivity index (χ2v) is 6.64. The van der Waals surface area contributed by atoms with E-state index in [1.807, 2.05) is 24.5 Å². The van der Waals surface area contributed by atoms with Crippen LogP contribution in [-0.4, -0.2) is 41.3 Å². The second-order valence-electron chi connectivity index (χ2n) is 6.64. The molecule has 1 aliphatic heterocycles. The molecule has 126 valence electrons. The van der Waals surface area contributed by atoms with E-state index in [1.165, 1.54) is 11.1 Å². The fourth-order valence-corrected chi connectivity index (χ4v) is 3.87. The third kappa shape index (κ3) is 3.51. The minimum Gasteiger partial charge on any atom is -0.374 e. The topological polar surface area (TPSA) is 34.6 Å². The van der Waals surface area contributed by atoms with Gasteiger partial charge in [-0.2, -0.15) is 0 Å². The van der Waals surface area contributed by atoms with Gasteiger partial charge in [0.25, 0.3) is 0 Å². The van der Waals surface area contributed by atoms with Crippen LogP contribution in [0.1, 0.15) is 24.0 Å². The molecule has 3 unspecified atom stereocenters. The maximum absolute atomic E-state index is 6.31. The van der Waals surface area contributed by atoms with E-state index < -0.39 is 0 Å². The average Bonchev–Trinajstić information content (AvgIpc) is 2.94. The first-order valence-electron chi connectivity index (χ1n) is 8.80. The molecule has 1 aromatic carbocycles.